The topological polar surface area (TPSA) is 104 Å². The Kier molecular flexibility index (Phi) is 7.13. The average Bonchev–Trinajstić information content (AvgIpc) is 2.89. The molecule has 38 heavy (non-hydrogen) atoms. The number of hydrogen-bond donors (Lipinski definition) is 1. The molecule has 0 saturated carbocycles. The van der Waals surface area contributed by atoms with E-state index >= 15 is 0 Å². The monoisotopic (exact) mass is 515 g/mol. The number of benzene rings is 1. The van der Waals surface area contributed by atoms with Gasteiger partial charge in [0.05, 0.1) is 0 Å². The molecule has 3 aromatic rings. The van der Waals surface area contributed by atoms with Crippen LogP contribution in [0.3, 0.4) is 0 Å². The predicted octanol–water partition coefficient (Wildman–Crippen LogP) is 2.63. The lowest BCUT2D eigenvalue weighted by molar-refractivity contribution is -0.132. The summed E-state index contributed by atoms with van der Waals surface area (Å²) in [5, 5.41) is 4.05. The highest BCUT2D eigenvalue weighted by atomic mass is 16.2. The second-order valence-corrected chi connectivity index (χ2v) is 10.1. The van der Waals surface area contributed by atoms with Gasteiger partial charge in [0.1, 0.15) is 5.65 Å². The van der Waals surface area contributed by atoms with Crippen LogP contribution in [-0.4, -0.2) is 74.9 Å². The van der Waals surface area contributed by atoms with Gasteiger partial charge in [-0.25, -0.2) is 4.98 Å². The Morgan fingerprint density at radius 3 is 2.53 bits per heavy atom. The van der Waals surface area contributed by atoms with Crippen molar-refractivity contribution in [3.63, 3.8) is 0 Å². The molecule has 198 valence electrons. The van der Waals surface area contributed by atoms with E-state index in [0.717, 1.165) is 36.3 Å². The van der Waals surface area contributed by atoms with Gasteiger partial charge in [0.25, 0.3) is 5.56 Å². The molecule has 2 aliphatic rings. The number of nitrogens with zero attached hydrogens (tertiary/aromatic N) is 6. The SMILES string of the molecule is C=CC(=O)N1CC(CCn2c(=O)ccc3cnc(Nc4ccc(N5CCN(C(C)=O)CC5C)cc4)nc32)C1. The van der Waals surface area contributed by atoms with Crippen LogP contribution in [0.15, 0.2) is 60.0 Å². The molecule has 2 aromatic heterocycles. The van der Waals surface area contributed by atoms with Crippen molar-refractivity contribution in [3.05, 3.63) is 65.6 Å². The fraction of sp³-hybridized carbons (Fsp3) is 0.393. The van der Waals surface area contributed by atoms with Crippen LogP contribution in [0.2, 0.25) is 0 Å². The molecular formula is C28H33N7O3. The lowest BCUT2D eigenvalue weighted by Crippen LogP contribution is -2.53. The molecule has 5 rings (SSSR count). The van der Waals surface area contributed by atoms with Crippen LogP contribution >= 0.6 is 0 Å². The first-order chi connectivity index (χ1) is 18.3. The van der Waals surface area contributed by atoms with Crippen molar-refractivity contribution in [1.29, 1.82) is 0 Å². The van der Waals surface area contributed by atoms with Crippen molar-refractivity contribution < 1.29 is 9.59 Å². The van der Waals surface area contributed by atoms with E-state index in [2.05, 4.69) is 45.8 Å². The molecule has 0 radical (unpaired) electrons. The summed E-state index contributed by atoms with van der Waals surface area (Å²) in [6.45, 7) is 11.4. The third-order valence-electron chi connectivity index (χ3n) is 7.46. The summed E-state index contributed by atoms with van der Waals surface area (Å²) in [7, 11) is 0. The summed E-state index contributed by atoms with van der Waals surface area (Å²) in [5.74, 6) is 0.836. The normalized spacial score (nSPS) is 17.8. The minimum Gasteiger partial charge on any atom is -0.365 e. The summed E-state index contributed by atoms with van der Waals surface area (Å²) in [6.07, 6.45) is 3.84. The number of pyridine rings is 1. The molecule has 0 bridgehead atoms. The van der Waals surface area contributed by atoms with Gasteiger partial charge in [-0.05, 0) is 55.7 Å². The number of carbonyl (C=O) groups is 2. The van der Waals surface area contributed by atoms with Gasteiger partial charge in [-0.3, -0.25) is 19.0 Å². The van der Waals surface area contributed by atoms with Crippen LogP contribution in [0.5, 0.6) is 0 Å². The predicted molar refractivity (Wildman–Crippen MR) is 147 cm³/mol. The van der Waals surface area contributed by atoms with E-state index in [1.54, 1.807) is 34.7 Å². The number of aryl methyl sites for hydroxylation is 1. The van der Waals surface area contributed by atoms with E-state index < -0.39 is 0 Å². The van der Waals surface area contributed by atoms with Gasteiger partial charge in [0, 0.05) is 81.3 Å². The highest BCUT2D eigenvalue weighted by Crippen LogP contribution is 2.25. The van der Waals surface area contributed by atoms with E-state index in [4.69, 9.17) is 0 Å². The van der Waals surface area contributed by atoms with Gasteiger partial charge in [-0.2, -0.15) is 4.98 Å². The number of fused-ring (bicyclic) bond motifs is 1. The molecule has 1 N–H and O–H groups in total. The van der Waals surface area contributed by atoms with E-state index in [9.17, 15) is 14.4 Å². The fourth-order valence-electron chi connectivity index (χ4n) is 5.21. The number of amides is 2. The van der Waals surface area contributed by atoms with Crippen molar-refractivity contribution in [3.8, 4) is 0 Å². The summed E-state index contributed by atoms with van der Waals surface area (Å²) in [4.78, 5) is 51.2. The van der Waals surface area contributed by atoms with Crippen LogP contribution in [0.4, 0.5) is 17.3 Å². The summed E-state index contributed by atoms with van der Waals surface area (Å²) in [6, 6.07) is 11.6. The van der Waals surface area contributed by atoms with E-state index in [0.29, 0.717) is 43.7 Å². The number of hydrogen-bond acceptors (Lipinski definition) is 7. The third-order valence-corrected chi connectivity index (χ3v) is 7.46. The first-order valence-corrected chi connectivity index (χ1v) is 13.0. The second-order valence-electron chi connectivity index (χ2n) is 10.1. The molecule has 0 spiro atoms. The Hall–Kier alpha value is -4.21. The zero-order valence-electron chi connectivity index (χ0n) is 21.8. The van der Waals surface area contributed by atoms with Crippen LogP contribution in [0.25, 0.3) is 11.0 Å². The quantitative estimate of drug-likeness (QED) is 0.483. The standard InChI is InChI=1S/C28H33N7O3/c1-4-25(37)33-17-21(18-33)11-12-35-26(38)10-5-22-15-29-28(31-27(22)35)30-23-6-8-24(9-7-23)34-14-13-32(20(3)36)16-19(34)2/h4-10,15,19,21H,1,11-14,16-18H2,2-3H3,(H,29,30,31). The first-order valence-electron chi connectivity index (χ1n) is 13.0. The number of nitrogens with one attached hydrogen (secondary N) is 1. The Bertz CT molecular complexity index is 1410. The number of aromatic nitrogens is 3. The Balaban J connectivity index is 1.27. The van der Waals surface area contributed by atoms with Crippen molar-refractivity contribution >= 4 is 40.2 Å². The van der Waals surface area contributed by atoms with Crippen molar-refractivity contribution in [2.24, 2.45) is 5.92 Å². The molecule has 2 aliphatic heterocycles. The molecule has 2 fully saturated rings. The van der Waals surface area contributed by atoms with Gasteiger partial charge >= 0.3 is 0 Å². The van der Waals surface area contributed by atoms with Crippen molar-refractivity contribution in [2.75, 3.05) is 42.9 Å². The molecule has 4 heterocycles. The summed E-state index contributed by atoms with van der Waals surface area (Å²) < 4.78 is 1.69. The fourth-order valence-corrected chi connectivity index (χ4v) is 5.21. The highest BCUT2D eigenvalue weighted by molar-refractivity contribution is 5.87. The molecule has 0 aliphatic carbocycles. The minimum absolute atomic E-state index is 0.0508. The summed E-state index contributed by atoms with van der Waals surface area (Å²) >= 11 is 0. The molecule has 10 nitrogen and oxygen atoms in total. The number of likely N-dealkylation sites (tertiary alicyclic amines) is 1. The maximum absolute atomic E-state index is 12.7. The smallest absolute Gasteiger partial charge is 0.252 e. The Labute approximate surface area is 221 Å². The Morgan fingerprint density at radius 2 is 1.84 bits per heavy atom. The van der Waals surface area contributed by atoms with E-state index in [-0.39, 0.29) is 23.4 Å². The number of anilines is 3. The molecular weight excluding hydrogens is 482 g/mol. The second kappa shape index (κ2) is 10.6. The van der Waals surface area contributed by atoms with E-state index in [1.807, 2.05) is 17.0 Å². The number of rotatable bonds is 7. The van der Waals surface area contributed by atoms with Crippen LogP contribution in [0, 0.1) is 5.92 Å². The maximum atomic E-state index is 12.7. The number of piperazine rings is 1. The average molecular weight is 516 g/mol. The lowest BCUT2D eigenvalue weighted by Gasteiger charge is -2.41. The zero-order chi connectivity index (χ0) is 26.8. The molecule has 2 saturated heterocycles. The maximum Gasteiger partial charge on any atom is 0.252 e. The van der Waals surface area contributed by atoms with E-state index in [1.165, 1.54) is 6.08 Å². The van der Waals surface area contributed by atoms with Gasteiger partial charge in [0.15, 0.2) is 0 Å². The van der Waals surface area contributed by atoms with Crippen LogP contribution in [-0.2, 0) is 16.1 Å². The zero-order valence-corrected chi connectivity index (χ0v) is 21.8. The third kappa shape index (κ3) is 5.25. The molecule has 10 heteroatoms. The van der Waals surface area contributed by atoms with Gasteiger partial charge < -0.3 is 20.0 Å². The highest BCUT2D eigenvalue weighted by Gasteiger charge is 2.29. The molecule has 2 amide bonds. The minimum atomic E-state index is -0.108. The first kappa shape index (κ1) is 25.4. The van der Waals surface area contributed by atoms with Crippen molar-refractivity contribution in [2.45, 2.75) is 32.9 Å². The number of carbonyl (C=O) groups excluding carboxylic acids is 2. The molecule has 1 atom stereocenters. The Morgan fingerprint density at radius 1 is 1.08 bits per heavy atom. The lowest BCUT2D eigenvalue weighted by atomic mass is 9.96. The molecule has 1 unspecified atom stereocenters. The van der Waals surface area contributed by atoms with Gasteiger partial charge in [-0.15, -0.1) is 0 Å². The molecule has 1 aromatic carbocycles. The summed E-state index contributed by atoms with van der Waals surface area (Å²) in [5.41, 5.74) is 2.42. The van der Waals surface area contributed by atoms with Crippen molar-refractivity contribution in [1.82, 2.24) is 24.3 Å². The largest absolute Gasteiger partial charge is 0.365 e. The van der Waals surface area contributed by atoms with Crippen LogP contribution < -0.4 is 15.8 Å². The van der Waals surface area contributed by atoms with Gasteiger partial charge in [0.2, 0.25) is 17.8 Å². The van der Waals surface area contributed by atoms with Gasteiger partial charge in [-0.1, -0.05) is 6.58 Å². The van der Waals surface area contributed by atoms with Crippen LogP contribution in [0.1, 0.15) is 20.3 Å².